The monoisotopic (exact) mass is 252 g/mol. The van der Waals surface area contributed by atoms with E-state index in [9.17, 15) is 0 Å². The van der Waals surface area contributed by atoms with E-state index in [1.54, 1.807) is 6.08 Å². The molecule has 0 aromatic carbocycles. The van der Waals surface area contributed by atoms with Crippen LogP contribution in [0.5, 0.6) is 11.5 Å². The van der Waals surface area contributed by atoms with E-state index in [1.807, 2.05) is 0 Å². The number of thiophene rings is 1. The predicted molar refractivity (Wildman–Crippen MR) is 72.7 cm³/mol. The second kappa shape index (κ2) is 8.18. The number of hydrogen-bond donors (Lipinski definition) is 0. The van der Waals surface area contributed by atoms with Crippen molar-refractivity contribution in [3.05, 3.63) is 16.8 Å². The van der Waals surface area contributed by atoms with Crippen LogP contribution in [0.25, 0.3) is 6.08 Å². The molecule has 2 radical (unpaired) electrons. The molecule has 1 rings (SSSR count). The van der Waals surface area contributed by atoms with Crippen molar-refractivity contribution in [2.24, 2.45) is 0 Å². The molecule has 0 atom stereocenters. The van der Waals surface area contributed by atoms with E-state index in [1.165, 1.54) is 11.3 Å². The first-order valence-electron chi connectivity index (χ1n) is 6.18. The molecular formula is C14H20O2S. The summed E-state index contributed by atoms with van der Waals surface area (Å²) in [6.45, 7) is 11.2. The quantitative estimate of drug-likeness (QED) is 0.608. The molecule has 2 nitrogen and oxygen atoms in total. The Hall–Kier alpha value is -0.960. The smallest absolute Gasteiger partial charge is 0.181 e. The van der Waals surface area contributed by atoms with E-state index in [-0.39, 0.29) is 0 Å². The first-order valence-corrected chi connectivity index (χ1v) is 7.00. The van der Waals surface area contributed by atoms with Crippen molar-refractivity contribution in [1.82, 2.24) is 0 Å². The Morgan fingerprint density at radius 3 is 2.41 bits per heavy atom. The maximum Gasteiger partial charge on any atom is 0.181 e. The van der Waals surface area contributed by atoms with Gasteiger partial charge in [0.2, 0.25) is 0 Å². The van der Waals surface area contributed by atoms with Crippen molar-refractivity contribution >= 4 is 17.4 Å². The minimum absolute atomic E-state index is 0.700. The van der Waals surface area contributed by atoms with Crippen LogP contribution in [-0.2, 0) is 0 Å². The lowest BCUT2D eigenvalue weighted by molar-refractivity contribution is 0.263. The topological polar surface area (TPSA) is 18.5 Å². The molecule has 0 saturated carbocycles. The zero-order valence-corrected chi connectivity index (χ0v) is 11.4. The Balaban J connectivity index is 2.61. The highest BCUT2D eigenvalue weighted by Crippen LogP contribution is 2.37. The van der Waals surface area contributed by atoms with Crippen molar-refractivity contribution in [3.63, 3.8) is 0 Å². The van der Waals surface area contributed by atoms with Crippen LogP contribution in [0.3, 0.4) is 0 Å². The molecule has 1 aromatic rings. The van der Waals surface area contributed by atoms with Crippen molar-refractivity contribution < 1.29 is 9.47 Å². The van der Waals surface area contributed by atoms with E-state index in [0.29, 0.717) is 19.0 Å². The zero-order valence-electron chi connectivity index (χ0n) is 10.6. The predicted octanol–water partition coefficient (Wildman–Crippen LogP) is 4.35. The van der Waals surface area contributed by atoms with Crippen molar-refractivity contribution in [2.75, 3.05) is 13.2 Å². The van der Waals surface area contributed by atoms with Crippen molar-refractivity contribution in [2.45, 2.75) is 39.5 Å². The molecule has 94 valence electrons. The second-order valence-electron chi connectivity index (χ2n) is 3.80. The van der Waals surface area contributed by atoms with Gasteiger partial charge in [-0.15, -0.1) is 11.3 Å². The van der Waals surface area contributed by atoms with E-state index < -0.39 is 0 Å². The molecule has 1 aromatic heterocycles. The molecule has 0 aliphatic rings. The minimum atomic E-state index is 0.700. The van der Waals surface area contributed by atoms with Gasteiger partial charge in [-0.25, -0.2) is 0 Å². The number of unbranched alkanes of at least 4 members (excludes halogenated alkanes) is 2. The summed E-state index contributed by atoms with van der Waals surface area (Å²) in [6.07, 6.45) is 5.86. The summed E-state index contributed by atoms with van der Waals surface area (Å²) >= 11 is 1.44. The van der Waals surface area contributed by atoms with Crippen LogP contribution in [0.1, 0.15) is 44.4 Å². The summed E-state index contributed by atoms with van der Waals surface area (Å²) in [5.41, 5.74) is 0. The molecule has 1 heterocycles. The van der Waals surface area contributed by atoms with Crippen LogP contribution < -0.4 is 9.47 Å². The van der Waals surface area contributed by atoms with E-state index in [4.69, 9.17) is 16.1 Å². The number of hydrogen-bond acceptors (Lipinski definition) is 3. The third-order valence-corrected chi connectivity index (χ3v) is 3.15. The van der Waals surface area contributed by atoms with E-state index in [0.717, 1.165) is 36.3 Å². The fourth-order valence-corrected chi connectivity index (χ4v) is 1.95. The van der Waals surface area contributed by atoms with Gasteiger partial charge < -0.3 is 9.47 Å². The molecule has 0 aliphatic heterocycles. The van der Waals surface area contributed by atoms with Gasteiger partial charge in [0.05, 0.1) is 23.5 Å². The highest BCUT2D eigenvalue weighted by molar-refractivity contribution is 7.11. The summed E-state index contributed by atoms with van der Waals surface area (Å²) in [4.78, 5) is 0.896. The second-order valence-corrected chi connectivity index (χ2v) is 4.65. The average Bonchev–Trinajstić information content (AvgIpc) is 2.73. The standard InChI is InChI=1S/C14H20O2S/c1-4-7-9-15-12-11-17-13(6-3)14(12)16-10-8-5-2/h3,6H,4-5,7-10H2,1-2H3. The van der Waals surface area contributed by atoms with Gasteiger partial charge in [-0.3, -0.25) is 0 Å². The SMILES string of the molecule is [CH]=Cc1s[c]c(OCCCC)c1OCCCC. The third-order valence-electron chi connectivity index (χ3n) is 2.32. The molecule has 17 heavy (non-hydrogen) atoms. The Labute approximate surface area is 108 Å². The fourth-order valence-electron chi connectivity index (χ4n) is 1.28. The lowest BCUT2D eigenvalue weighted by atomic mass is 10.3. The van der Waals surface area contributed by atoms with Gasteiger partial charge in [-0.1, -0.05) is 33.3 Å². The fraction of sp³-hybridized carbons (Fsp3) is 0.571. The van der Waals surface area contributed by atoms with E-state index in [2.05, 4.69) is 19.2 Å². The van der Waals surface area contributed by atoms with Crippen LogP contribution in [0.2, 0.25) is 0 Å². The summed E-state index contributed by atoms with van der Waals surface area (Å²) in [7, 11) is 0. The van der Waals surface area contributed by atoms with Gasteiger partial charge >= 0.3 is 0 Å². The molecule has 0 saturated heterocycles. The summed E-state index contributed by atoms with van der Waals surface area (Å²) in [5.74, 6) is 1.46. The van der Waals surface area contributed by atoms with Gasteiger partial charge in [0, 0.05) is 0 Å². The maximum atomic E-state index is 5.71. The lowest BCUT2D eigenvalue weighted by Crippen LogP contribution is -2.01. The van der Waals surface area contributed by atoms with Crippen LogP contribution in [0, 0.1) is 12.0 Å². The maximum absolute atomic E-state index is 5.71. The highest BCUT2D eigenvalue weighted by Gasteiger charge is 2.12. The van der Waals surface area contributed by atoms with Gasteiger partial charge in [0.1, 0.15) is 0 Å². The minimum Gasteiger partial charge on any atom is -0.488 e. The lowest BCUT2D eigenvalue weighted by Gasteiger charge is -2.09. The Kier molecular flexibility index (Phi) is 6.78. The Morgan fingerprint density at radius 1 is 1.18 bits per heavy atom. The first-order chi connectivity index (χ1) is 8.33. The van der Waals surface area contributed by atoms with Gasteiger partial charge in [-0.2, -0.15) is 0 Å². The van der Waals surface area contributed by atoms with Crippen LogP contribution in [0.15, 0.2) is 0 Å². The molecule has 0 bridgehead atoms. The van der Waals surface area contributed by atoms with Crippen molar-refractivity contribution in [1.29, 1.82) is 0 Å². The first kappa shape index (κ1) is 14.1. The van der Waals surface area contributed by atoms with Gasteiger partial charge in [-0.05, 0) is 18.9 Å². The summed E-state index contributed by atoms with van der Waals surface area (Å²) in [5, 5.41) is 3.09. The molecule has 3 heteroatoms. The van der Waals surface area contributed by atoms with Gasteiger partial charge in [0.25, 0.3) is 0 Å². The largest absolute Gasteiger partial charge is 0.488 e. The molecule has 0 N–H and O–H groups in total. The number of rotatable bonds is 9. The molecule has 0 spiro atoms. The normalized spacial score (nSPS) is 10.2. The highest BCUT2D eigenvalue weighted by atomic mass is 32.1. The van der Waals surface area contributed by atoms with E-state index >= 15 is 0 Å². The van der Waals surface area contributed by atoms with Gasteiger partial charge in [0.15, 0.2) is 11.5 Å². The summed E-state index contributed by atoms with van der Waals surface area (Å²) < 4.78 is 11.4. The average molecular weight is 252 g/mol. The number of ether oxygens (including phenoxy) is 2. The molecule has 0 amide bonds. The molecule has 0 aliphatic carbocycles. The summed E-state index contributed by atoms with van der Waals surface area (Å²) in [6, 6.07) is 0. The van der Waals surface area contributed by atoms with Crippen LogP contribution in [-0.4, -0.2) is 13.2 Å². The molecule has 0 fully saturated rings. The Morgan fingerprint density at radius 2 is 1.82 bits per heavy atom. The molecule has 0 unspecified atom stereocenters. The van der Waals surface area contributed by atoms with Crippen LogP contribution >= 0.6 is 11.3 Å². The van der Waals surface area contributed by atoms with Crippen LogP contribution in [0.4, 0.5) is 0 Å². The zero-order chi connectivity index (χ0) is 12.5. The van der Waals surface area contributed by atoms with Crippen molar-refractivity contribution in [3.8, 4) is 11.5 Å². The third kappa shape index (κ3) is 4.43. The molecular weight excluding hydrogens is 232 g/mol. The Bertz CT molecular complexity index is 331.